The number of nitrogens with zero attached hydrogens (tertiary/aromatic N) is 1. The molecule has 1 N–H and O–H groups in total. The Morgan fingerprint density at radius 1 is 0.724 bits per heavy atom. The van der Waals surface area contributed by atoms with Crippen LogP contribution in [0.2, 0.25) is 0 Å². The van der Waals surface area contributed by atoms with E-state index in [4.69, 9.17) is 9.47 Å². The molecular weight excluding hydrogens is 364 g/mol. The first kappa shape index (κ1) is 18.5. The summed E-state index contributed by atoms with van der Waals surface area (Å²) < 4.78 is 10.6. The molecule has 2 heterocycles. The van der Waals surface area contributed by atoms with E-state index < -0.39 is 0 Å². The Kier molecular flexibility index (Phi) is 5.12. The molecule has 0 aliphatic rings. The molecule has 5 nitrogen and oxygen atoms in total. The second-order valence-electron chi connectivity index (χ2n) is 6.50. The molecule has 144 valence electrons. The van der Waals surface area contributed by atoms with Crippen LogP contribution in [0.4, 0.5) is 0 Å². The van der Waals surface area contributed by atoms with Gasteiger partial charge < -0.3 is 14.5 Å². The number of aromatic amines is 1. The molecule has 0 saturated heterocycles. The van der Waals surface area contributed by atoms with Gasteiger partial charge in [0.05, 0.1) is 19.9 Å². The van der Waals surface area contributed by atoms with E-state index in [-0.39, 0.29) is 5.56 Å². The van der Waals surface area contributed by atoms with E-state index in [0.29, 0.717) is 11.3 Å². The van der Waals surface area contributed by atoms with Gasteiger partial charge in [0.25, 0.3) is 5.56 Å². The Balaban J connectivity index is 1.94. The van der Waals surface area contributed by atoms with E-state index in [1.165, 1.54) is 0 Å². The third-order valence-electron chi connectivity index (χ3n) is 4.79. The van der Waals surface area contributed by atoms with Crippen molar-refractivity contribution >= 4 is 0 Å². The van der Waals surface area contributed by atoms with Gasteiger partial charge in [-0.1, -0.05) is 24.3 Å². The molecule has 0 aliphatic heterocycles. The smallest absolute Gasteiger partial charge is 0.256 e. The van der Waals surface area contributed by atoms with Crippen molar-refractivity contribution in [2.24, 2.45) is 0 Å². The Hall–Kier alpha value is -3.86. The van der Waals surface area contributed by atoms with E-state index >= 15 is 0 Å². The second kappa shape index (κ2) is 8.02. The molecule has 0 saturated carbocycles. The highest BCUT2D eigenvalue weighted by Crippen LogP contribution is 2.33. The molecule has 2 aromatic carbocycles. The minimum atomic E-state index is -0.165. The lowest BCUT2D eigenvalue weighted by molar-refractivity contribution is 0.415. The monoisotopic (exact) mass is 384 g/mol. The lowest BCUT2D eigenvalue weighted by Gasteiger charge is -2.13. The maximum absolute atomic E-state index is 13.0. The molecule has 0 aliphatic carbocycles. The third-order valence-corrected chi connectivity index (χ3v) is 4.79. The molecule has 0 spiro atoms. The highest BCUT2D eigenvalue weighted by molar-refractivity contribution is 5.84. The largest absolute Gasteiger partial charge is 0.497 e. The van der Waals surface area contributed by atoms with Gasteiger partial charge in [-0.3, -0.25) is 9.78 Å². The normalized spacial score (nSPS) is 10.6. The van der Waals surface area contributed by atoms with Crippen LogP contribution < -0.4 is 15.0 Å². The lowest BCUT2D eigenvalue weighted by atomic mass is 9.96. The van der Waals surface area contributed by atoms with Crippen molar-refractivity contribution in [3.05, 3.63) is 89.5 Å². The van der Waals surface area contributed by atoms with Crippen molar-refractivity contribution < 1.29 is 9.47 Å². The molecule has 29 heavy (non-hydrogen) atoms. The molecular formula is C24H20N2O3. The number of methoxy groups -OCH3 is 2. The number of aromatic nitrogens is 2. The SMILES string of the molecule is COc1ccc(-c2cc(-c3cccc(OC)c3)c(=O)[nH]c2-c2ccncc2)cc1. The highest BCUT2D eigenvalue weighted by Gasteiger charge is 2.14. The van der Waals surface area contributed by atoms with E-state index in [2.05, 4.69) is 9.97 Å². The van der Waals surface area contributed by atoms with E-state index in [1.807, 2.05) is 66.7 Å². The summed E-state index contributed by atoms with van der Waals surface area (Å²) in [4.78, 5) is 20.1. The van der Waals surface area contributed by atoms with Crippen LogP contribution in [0.15, 0.2) is 83.9 Å². The molecule has 0 amide bonds. The summed E-state index contributed by atoms with van der Waals surface area (Å²) in [6.45, 7) is 0. The second-order valence-corrected chi connectivity index (χ2v) is 6.50. The van der Waals surface area contributed by atoms with Gasteiger partial charge in [-0.15, -0.1) is 0 Å². The van der Waals surface area contributed by atoms with Gasteiger partial charge in [-0.2, -0.15) is 0 Å². The zero-order chi connectivity index (χ0) is 20.2. The van der Waals surface area contributed by atoms with E-state index in [0.717, 1.165) is 33.7 Å². The number of pyridine rings is 2. The molecule has 4 rings (SSSR count). The van der Waals surface area contributed by atoms with Crippen molar-refractivity contribution in [3.63, 3.8) is 0 Å². The Labute approximate surface area is 168 Å². The molecule has 0 fully saturated rings. The first-order chi connectivity index (χ1) is 14.2. The first-order valence-corrected chi connectivity index (χ1v) is 9.16. The first-order valence-electron chi connectivity index (χ1n) is 9.16. The minimum absolute atomic E-state index is 0.165. The average Bonchev–Trinajstić information content (AvgIpc) is 2.79. The van der Waals surface area contributed by atoms with Crippen LogP contribution in [0, 0.1) is 0 Å². The van der Waals surface area contributed by atoms with Gasteiger partial charge in [0, 0.05) is 29.1 Å². The highest BCUT2D eigenvalue weighted by atomic mass is 16.5. The van der Waals surface area contributed by atoms with Gasteiger partial charge in [-0.05, 0) is 53.6 Å². The number of benzene rings is 2. The number of rotatable bonds is 5. The van der Waals surface area contributed by atoms with E-state index in [9.17, 15) is 4.79 Å². The molecule has 0 atom stereocenters. The van der Waals surface area contributed by atoms with Crippen LogP contribution in [0.5, 0.6) is 11.5 Å². The molecule has 5 heteroatoms. The van der Waals surface area contributed by atoms with Gasteiger partial charge in [-0.25, -0.2) is 0 Å². The zero-order valence-electron chi connectivity index (χ0n) is 16.2. The number of ether oxygens (including phenoxy) is 2. The zero-order valence-corrected chi connectivity index (χ0v) is 16.2. The summed E-state index contributed by atoms with van der Waals surface area (Å²) in [5, 5.41) is 0. The molecule has 0 bridgehead atoms. The Morgan fingerprint density at radius 3 is 2.14 bits per heavy atom. The summed E-state index contributed by atoms with van der Waals surface area (Å²) >= 11 is 0. The van der Waals surface area contributed by atoms with Crippen molar-refractivity contribution in [1.29, 1.82) is 0 Å². The quantitative estimate of drug-likeness (QED) is 0.537. The number of hydrogen-bond acceptors (Lipinski definition) is 4. The minimum Gasteiger partial charge on any atom is -0.497 e. The summed E-state index contributed by atoms with van der Waals surface area (Å²) in [5.74, 6) is 1.47. The predicted molar refractivity (Wildman–Crippen MR) is 114 cm³/mol. The van der Waals surface area contributed by atoms with E-state index in [1.54, 1.807) is 26.6 Å². The summed E-state index contributed by atoms with van der Waals surface area (Å²) in [6, 6.07) is 20.9. The molecule has 2 aromatic heterocycles. The van der Waals surface area contributed by atoms with Crippen LogP contribution in [0.25, 0.3) is 33.5 Å². The summed E-state index contributed by atoms with van der Waals surface area (Å²) in [7, 11) is 3.25. The standard InChI is InChI=1S/C24H20N2O3/c1-28-19-8-6-16(7-9-19)21-15-22(18-4-3-5-20(14-18)29-2)24(27)26-23(21)17-10-12-25-13-11-17/h3-15H,1-2H3,(H,26,27). The van der Waals surface area contributed by atoms with Gasteiger partial charge in [0.15, 0.2) is 0 Å². The van der Waals surface area contributed by atoms with Crippen LogP contribution in [0.1, 0.15) is 0 Å². The van der Waals surface area contributed by atoms with Crippen LogP contribution in [-0.4, -0.2) is 24.2 Å². The Morgan fingerprint density at radius 2 is 1.45 bits per heavy atom. The lowest BCUT2D eigenvalue weighted by Crippen LogP contribution is -2.11. The van der Waals surface area contributed by atoms with Gasteiger partial charge in [0.2, 0.25) is 0 Å². The fourth-order valence-electron chi connectivity index (χ4n) is 3.28. The maximum atomic E-state index is 13.0. The van der Waals surface area contributed by atoms with Crippen LogP contribution >= 0.6 is 0 Å². The van der Waals surface area contributed by atoms with Gasteiger partial charge in [0.1, 0.15) is 11.5 Å². The number of H-pyrrole nitrogens is 1. The summed E-state index contributed by atoms with van der Waals surface area (Å²) in [6.07, 6.45) is 3.42. The fourth-order valence-corrected chi connectivity index (χ4v) is 3.28. The fraction of sp³-hybridized carbons (Fsp3) is 0.0833. The topological polar surface area (TPSA) is 64.2 Å². The third kappa shape index (κ3) is 3.75. The predicted octanol–water partition coefficient (Wildman–Crippen LogP) is 4.79. The molecule has 0 radical (unpaired) electrons. The molecule has 4 aromatic rings. The summed E-state index contributed by atoms with van der Waals surface area (Å²) in [5.41, 5.74) is 4.72. The number of hydrogen-bond donors (Lipinski definition) is 1. The van der Waals surface area contributed by atoms with Crippen molar-refractivity contribution in [2.75, 3.05) is 14.2 Å². The van der Waals surface area contributed by atoms with Crippen LogP contribution in [0.3, 0.4) is 0 Å². The van der Waals surface area contributed by atoms with Crippen molar-refractivity contribution in [1.82, 2.24) is 9.97 Å². The molecule has 0 unspecified atom stereocenters. The Bertz CT molecular complexity index is 1180. The van der Waals surface area contributed by atoms with Crippen LogP contribution in [-0.2, 0) is 0 Å². The number of nitrogens with one attached hydrogen (secondary N) is 1. The average molecular weight is 384 g/mol. The van der Waals surface area contributed by atoms with Crippen molar-refractivity contribution in [2.45, 2.75) is 0 Å². The van der Waals surface area contributed by atoms with Gasteiger partial charge >= 0.3 is 0 Å². The maximum Gasteiger partial charge on any atom is 0.256 e. The van der Waals surface area contributed by atoms with Crippen molar-refractivity contribution in [3.8, 4) is 45.0 Å².